The Labute approximate surface area is 250 Å². The first-order chi connectivity index (χ1) is 19.6. The lowest BCUT2D eigenvalue weighted by molar-refractivity contribution is -0.140. The minimum absolute atomic E-state index is 0.0855. The lowest BCUT2D eigenvalue weighted by Gasteiger charge is -2.33. The van der Waals surface area contributed by atoms with Gasteiger partial charge in [-0.3, -0.25) is 13.9 Å². The van der Waals surface area contributed by atoms with Gasteiger partial charge in [-0.2, -0.15) is 0 Å². The molecule has 0 unspecified atom stereocenters. The van der Waals surface area contributed by atoms with Crippen molar-refractivity contribution in [3.05, 3.63) is 88.4 Å². The highest BCUT2D eigenvalue weighted by Crippen LogP contribution is 2.34. The van der Waals surface area contributed by atoms with E-state index in [9.17, 15) is 18.0 Å². The van der Waals surface area contributed by atoms with Gasteiger partial charge in [0.1, 0.15) is 24.1 Å². The maximum absolute atomic E-state index is 14.2. The van der Waals surface area contributed by atoms with Crippen molar-refractivity contribution < 1.29 is 27.5 Å². The van der Waals surface area contributed by atoms with Gasteiger partial charge in [-0.25, -0.2) is 8.42 Å². The number of nitrogens with one attached hydrogen (secondary N) is 1. The Bertz CT molecular complexity index is 1440. The highest BCUT2D eigenvalue weighted by atomic mass is 79.9. The molecular weight excluding hydrogens is 610 g/mol. The highest BCUT2D eigenvalue weighted by molar-refractivity contribution is 9.10. The predicted octanol–water partition coefficient (Wildman–Crippen LogP) is 4.40. The topological polar surface area (TPSA) is 105 Å². The number of anilines is 1. The van der Waals surface area contributed by atoms with Crippen molar-refractivity contribution in [3.63, 3.8) is 0 Å². The molecule has 0 fully saturated rings. The van der Waals surface area contributed by atoms with Crippen LogP contribution in [0, 0.1) is 0 Å². The maximum atomic E-state index is 14.2. The standard InChI is InChI=1S/C30H36BrN3O6S/c1-5-16-32-30(36)27(18-22-10-7-6-8-11-22)33(20-23-12-9-13-24(31)17-23)29(35)21-34(41(4,37)38)26-19-25(39-2)14-15-28(26)40-3/h6-15,17,19,27H,5,16,18,20-21H2,1-4H3,(H,32,36)/t27-/m0/s1. The lowest BCUT2D eigenvalue weighted by Crippen LogP contribution is -2.53. The van der Waals surface area contributed by atoms with Crippen molar-refractivity contribution in [2.75, 3.05) is 37.9 Å². The summed E-state index contributed by atoms with van der Waals surface area (Å²) in [5, 5.41) is 2.92. The molecule has 0 aliphatic carbocycles. The van der Waals surface area contributed by atoms with Gasteiger partial charge in [-0.05, 0) is 41.8 Å². The van der Waals surface area contributed by atoms with Crippen LogP contribution in [0.2, 0.25) is 0 Å². The molecule has 0 aliphatic heterocycles. The van der Waals surface area contributed by atoms with Crippen LogP contribution in [0.25, 0.3) is 0 Å². The van der Waals surface area contributed by atoms with E-state index >= 15 is 0 Å². The molecule has 41 heavy (non-hydrogen) atoms. The first-order valence-corrected chi connectivity index (χ1v) is 15.8. The number of hydrogen-bond donors (Lipinski definition) is 1. The van der Waals surface area contributed by atoms with E-state index in [1.54, 1.807) is 12.1 Å². The van der Waals surface area contributed by atoms with Crippen LogP contribution >= 0.6 is 15.9 Å². The normalized spacial score (nSPS) is 11.8. The van der Waals surface area contributed by atoms with Crippen LogP contribution in [0.3, 0.4) is 0 Å². The number of benzene rings is 3. The van der Waals surface area contributed by atoms with Gasteiger partial charge in [0.05, 0.1) is 26.2 Å². The number of amides is 2. The summed E-state index contributed by atoms with van der Waals surface area (Å²) < 4.78 is 38.7. The SMILES string of the molecule is CCCNC(=O)[C@H](Cc1ccccc1)N(Cc1cccc(Br)c1)C(=O)CN(c1cc(OC)ccc1OC)S(C)(=O)=O. The van der Waals surface area contributed by atoms with E-state index in [2.05, 4.69) is 21.2 Å². The third kappa shape index (κ3) is 8.96. The molecule has 0 radical (unpaired) electrons. The summed E-state index contributed by atoms with van der Waals surface area (Å²) in [5.74, 6) is -0.213. The van der Waals surface area contributed by atoms with E-state index in [1.165, 1.54) is 25.2 Å². The molecule has 0 saturated carbocycles. The van der Waals surface area contributed by atoms with E-state index in [4.69, 9.17) is 9.47 Å². The molecule has 0 heterocycles. The van der Waals surface area contributed by atoms with Crippen molar-refractivity contribution in [2.24, 2.45) is 0 Å². The molecule has 0 bridgehead atoms. The number of carbonyl (C=O) groups excluding carboxylic acids is 2. The number of sulfonamides is 1. The third-order valence-electron chi connectivity index (χ3n) is 6.40. The molecule has 3 rings (SSSR count). The molecule has 0 saturated heterocycles. The summed E-state index contributed by atoms with van der Waals surface area (Å²) in [6, 6.07) is 20.7. The Morgan fingerprint density at radius 3 is 2.27 bits per heavy atom. The Kier molecular flexibility index (Phi) is 11.6. The first kappa shape index (κ1) is 32.0. The number of methoxy groups -OCH3 is 2. The van der Waals surface area contributed by atoms with Crippen molar-refractivity contribution >= 4 is 43.5 Å². The van der Waals surface area contributed by atoms with E-state index in [-0.39, 0.29) is 30.3 Å². The van der Waals surface area contributed by atoms with Crippen LogP contribution in [0.1, 0.15) is 24.5 Å². The monoisotopic (exact) mass is 645 g/mol. The summed E-state index contributed by atoms with van der Waals surface area (Å²) >= 11 is 3.47. The fourth-order valence-electron chi connectivity index (χ4n) is 4.34. The van der Waals surface area contributed by atoms with Crippen LogP contribution in [-0.2, 0) is 32.6 Å². The number of carbonyl (C=O) groups is 2. The minimum Gasteiger partial charge on any atom is -0.497 e. The molecule has 0 spiro atoms. The third-order valence-corrected chi connectivity index (χ3v) is 8.02. The average molecular weight is 647 g/mol. The molecule has 1 atom stereocenters. The zero-order valence-corrected chi connectivity index (χ0v) is 26.1. The maximum Gasteiger partial charge on any atom is 0.244 e. The van der Waals surface area contributed by atoms with Crippen molar-refractivity contribution in [2.45, 2.75) is 32.4 Å². The zero-order valence-electron chi connectivity index (χ0n) is 23.7. The Hall–Kier alpha value is -3.57. The molecule has 2 amide bonds. The van der Waals surface area contributed by atoms with Crippen molar-refractivity contribution in [1.82, 2.24) is 10.2 Å². The summed E-state index contributed by atoms with van der Waals surface area (Å²) in [6.45, 7) is 1.92. The van der Waals surface area contributed by atoms with Gasteiger partial charge in [-0.1, -0.05) is 65.3 Å². The predicted molar refractivity (Wildman–Crippen MR) is 164 cm³/mol. The van der Waals surface area contributed by atoms with Crippen molar-refractivity contribution in [3.8, 4) is 11.5 Å². The Morgan fingerprint density at radius 2 is 1.66 bits per heavy atom. The molecule has 3 aromatic rings. The van der Waals surface area contributed by atoms with Crippen LogP contribution in [0.5, 0.6) is 11.5 Å². The van der Waals surface area contributed by atoms with Crippen LogP contribution in [0.4, 0.5) is 5.69 Å². The number of halogens is 1. The van der Waals surface area contributed by atoms with Gasteiger partial charge in [0.25, 0.3) is 0 Å². The number of nitrogens with zero attached hydrogens (tertiary/aromatic N) is 2. The average Bonchev–Trinajstić information content (AvgIpc) is 2.96. The zero-order chi connectivity index (χ0) is 30.0. The van der Waals surface area contributed by atoms with E-state index in [0.29, 0.717) is 12.3 Å². The Balaban J connectivity index is 2.10. The van der Waals surface area contributed by atoms with Crippen molar-refractivity contribution in [1.29, 1.82) is 0 Å². The second-order valence-corrected chi connectivity index (χ2v) is 12.3. The molecule has 0 aromatic heterocycles. The number of hydrogen-bond acceptors (Lipinski definition) is 6. The van der Waals surface area contributed by atoms with Gasteiger partial charge in [0.15, 0.2) is 0 Å². The van der Waals surface area contributed by atoms with Crippen LogP contribution in [-0.4, -0.2) is 64.7 Å². The summed E-state index contributed by atoms with van der Waals surface area (Å²) in [5.41, 5.74) is 1.80. The minimum atomic E-state index is -3.96. The molecule has 9 nitrogen and oxygen atoms in total. The molecule has 0 aliphatic rings. The summed E-state index contributed by atoms with van der Waals surface area (Å²) in [4.78, 5) is 29.2. The first-order valence-electron chi connectivity index (χ1n) is 13.1. The van der Waals surface area contributed by atoms with E-state index in [1.807, 2.05) is 61.5 Å². The smallest absolute Gasteiger partial charge is 0.244 e. The fourth-order valence-corrected chi connectivity index (χ4v) is 5.63. The van der Waals surface area contributed by atoms with E-state index in [0.717, 1.165) is 32.6 Å². The van der Waals surface area contributed by atoms with E-state index < -0.39 is 28.5 Å². The van der Waals surface area contributed by atoms with Gasteiger partial charge >= 0.3 is 0 Å². The number of ether oxygens (including phenoxy) is 2. The Morgan fingerprint density at radius 1 is 0.951 bits per heavy atom. The largest absolute Gasteiger partial charge is 0.497 e. The summed E-state index contributed by atoms with van der Waals surface area (Å²) in [7, 11) is -1.08. The van der Waals surface area contributed by atoms with Gasteiger partial charge in [-0.15, -0.1) is 0 Å². The fraction of sp³-hybridized carbons (Fsp3) is 0.333. The quantitative estimate of drug-likeness (QED) is 0.279. The van der Waals surface area contributed by atoms with Crippen LogP contribution in [0.15, 0.2) is 77.3 Å². The molecule has 1 N–H and O–H groups in total. The highest BCUT2D eigenvalue weighted by Gasteiger charge is 2.33. The summed E-state index contributed by atoms with van der Waals surface area (Å²) in [6.07, 6.45) is 1.99. The molecule has 220 valence electrons. The van der Waals surface area contributed by atoms with Gasteiger partial charge in [0, 0.05) is 30.0 Å². The molecular formula is C30H36BrN3O6S. The second kappa shape index (κ2) is 14.9. The van der Waals surface area contributed by atoms with Crippen LogP contribution < -0.4 is 19.1 Å². The second-order valence-electron chi connectivity index (χ2n) is 9.46. The van der Waals surface area contributed by atoms with Gasteiger partial charge in [0.2, 0.25) is 21.8 Å². The lowest BCUT2D eigenvalue weighted by atomic mass is 10.0. The van der Waals surface area contributed by atoms with Gasteiger partial charge < -0.3 is 19.7 Å². The molecule has 3 aromatic carbocycles. The molecule has 11 heteroatoms. The number of rotatable bonds is 14.